The van der Waals surface area contributed by atoms with Crippen molar-refractivity contribution in [1.29, 1.82) is 0 Å². The molecule has 0 saturated carbocycles. The molecule has 0 saturated heterocycles. The van der Waals surface area contributed by atoms with Gasteiger partial charge in [0.2, 0.25) is 6.79 Å². The van der Waals surface area contributed by atoms with Crippen LogP contribution in [0.15, 0.2) is 47.8 Å². The summed E-state index contributed by atoms with van der Waals surface area (Å²) in [4.78, 5) is 17.4. The molecule has 7 heteroatoms. The van der Waals surface area contributed by atoms with Crippen LogP contribution in [-0.2, 0) is 0 Å². The Labute approximate surface area is 158 Å². The van der Waals surface area contributed by atoms with E-state index in [0.717, 1.165) is 33.8 Å². The van der Waals surface area contributed by atoms with Gasteiger partial charge in [-0.25, -0.2) is 4.98 Å². The zero-order valence-electron chi connectivity index (χ0n) is 14.3. The van der Waals surface area contributed by atoms with E-state index >= 15 is 0 Å². The highest BCUT2D eigenvalue weighted by molar-refractivity contribution is 7.15. The lowest BCUT2D eigenvalue weighted by Crippen LogP contribution is -1.96. The van der Waals surface area contributed by atoms with Crippen LogP contribution in [0.3, 0.4) is 0 Å². The maximum absolute atomic E-state index is 12.0. The standard InChI is InChI=1S/C20H14N2O4S/c1-24-16-5-3-2-4-13(16)15-10-27-20-21-19(14(9-23)22(15)20)12-6-7-17-18(8-12)26-11-25-17/h2-10H,11H2,1H3. The number of fused-ring (bicyclic) bond motifs is 2. The maximum Gasteiger partial charge on any atom is 0.231 e. The van der Waals surface area contributed by atoms with E-state index < -0.39 is 0 Å². The molecule has 4 aromatic rings. The number of nitrogens with zero attached hydrogens (tertiary/aromatic N) is 2. The van der Waals surface area contributed by atoms with Crippen LogP contribution in [0.4, 0.5) is 0 Å². The lowest BCUT2D eigenvalue weighted by Gasteiger charge is -2.08. The molecule has 0 radical (unpaired) electrons. The molecule has 134 valence electrons. The molecule has 0 fully saturated rings. The average Bonchev–Trinajstić information content (AvgIpc) is 3.41. The molecule has 1 aliphatic rings. The summed E-state index contributed by atoms with van der Waals surface area (Å²) in [6, 6.07) is 13.3. The topological polar surface area (TPSA) is 62.1 Å². The Balaban J connectivity index is 1.73. The number of aldehydes is 1. The third-order valence-corrected chi connectivity index (χ3v) is 5.37. The van der Waals surface area contributed by atoms with Gasteiger partial charge in [0.05, 0.1) is 12.8 Å². The van der Waals surface area contributed by atoms with E-state index in [1.165, 1.54) is 11.3 Å². The van der Waals surface area contributed by atoms with Crippen molar-refractivity contribution < 1.29 is 19.0 Å². The van der Waals surface area contributed by atoms with Gasteiger partial charge < -0.3 is 14.2 Å². The van der Waals surface area contributed by atoms with E-state index in [-0.39, 0.29) is 6.79 Å². The zero-order chi connectivity index (χ0) is 18.4. The number of benzene rings is 2. The van der Waals surface area contributed by atoms with E-state index in [4.69, 9.17) is 19.2 Å². The molecule has 0 atom stereocenters. The fourth-order valence-electron chi connectivity index (χ4n) is 3.29. The summed E-state index contributed by atoms with van der Waals surface area (Å²) in [7, 11) is 1.63. The van der Waals surface area contributed by atoms with Crippen molar-refractivity contribution in [3.05, 3.63) is 53.5 Å². The molecule has 27 heavy (non-hydrogen) atoms. The molecular formula is C20H14N2O4S. The minimum absolute atomic E-state index is 0.204. The number of methoxy groups -OCH3 is 1. The molecular weight excluding hydrogens is 364 g/mol. The number of aromatic nitrogens is 2. The van der Waals surface area contributed by atoms with Crippen LogP contribution in [0.1, 0.15) is 10.5 Å². The van der Waals surface area contributed by atoms with Crippen molar-refractivity contribution in [2.75, 3.05) is 13.9 Å². The third-order valence-electron chi connectivity index (χ3n) is 4.54. The molecule has 2 aromatic carbocycles. The number of imidazole rings is 1. The van der Waals surface area contributed by atoms with Gasteiger partial charge in [-0.15, -0.1) is 11.3 Å². The quantitative estimate of drug-likeness (QED) is 0.496. The van der Waals surface area contributed by atoms with Gasteiger partial charge in [0.15, 0.2) is 22.7 Å². The molecule has 0 bridgehead atoms. The average molecular weight is 378 g/mol. The molecule has 6 nitrogen and oxygen atoms in total. The highest BCUT2D eigenvalue weighted by Crippen LogP contribution is 2.39. The van der Waals surface area contributed by atoms with Gasteiger partial charge >= 0.3 is 0 Å². The van der Waals surface area contributed by atoms with Crippen LogP contribution in [0, 0.1) is 0 Å². The summed E-state index contributed by atoms with van der Waals surface area (Å²) >= 11 is 1.48. The number of carbonyl (C=O) groups excluding carboxylic acids is 1. The summed E-state index contributed by atoms with van der Waals surface area (Å²) in [5.74, 6) is 2.10. The van der Waals surface area contributed by atoms with Gasteiger partial charge in [0, 0.05) is 16.5 Å². The van der Waals surface area contributed by atoms with Gasteiger partial charge in [-0.1, -0.05) is 12.1 Å². The highest BCUT2D eigenvalue weighted by Gasteiger charge is 2.22. The molecule has 3 heterocycles. The second-order valence-electron chi connectivity index (χ2n) is 5.97. The Bertz CT molecular complexity index is 1180. The van der Waals surface area contributed by atoms with E-state index in [1.807, 2.05) is 52.2 Å². The first-order valence-electron chi connectivity index (χ1n) is 8.28. The molecule has 0 unspecified atom stereocenters. The molecule has 0 spiro atoms. The monoisotopic (exact) mass is 378 g/mol. The first-order chi connectivity index (χ1) is 13.3. The molecule has 0 N–H and O–H groups in total. The van der Waals surface area contributed by atoms with E-state index in [1.54, 1.807) is 7.11 Å². The number of thiazole rings is 1. The van der Waals surface area contributed by atoms with E-state index in [2.05, 4.69) is 0 Å². The van der Waals surface area contributed by atoms with E-state index in [0.29, 0.717) is 22.9 Å². The minimum Gasteiger partial charge on any atom is -0.496 e. The Morgan fingerprint density at radius 3 is 2.89 bits per heavy atom. The van der Waals surface area contributed by atoms with Crippen molar-refractivity contribution in [2.45, 2.75) is 0 Å². The number of hydrogen-bond donors (Lipinski definition) is 0. The summed E-state index contributed by atoms with van der Waals surface area (Å²) in [6.45, 7) is 0.204. The SMILES string of the molecule is COc1ccccc1-c1csc2nc(-c3ccc4c(c3)OCO4)c(C=O)n12. The smallest absolute Gasteiger partial charge is 0.231 e. The van der Waals surface area contributed by atoms with Crippen LogP contribution < -0.4 is 14.2 Å². The summed E-state index contributed by atoms with van der Waals surface area (Å²) in [5.41, 5.74) is 3.69. The molecule has 0 amide bonds. The summed E-state index contributed by atoms with van der Waals surface area (Å²) in [6.07, 6.45) is 0.839. The minimum atomic E-state index is 0.204. The van der Waals surface area contributed by atoms with Gasteiger partial charge in [-0.2, -0.15) is 0 Å². The fraction of sp³-hybridized carbons (Fsp3) is 0.100. The highest BCUT2D eigenvalue weighted by atomic mass is 32.1. The number of para-hydroxylation sites is 1. The first kappa shape index (κ1) is 15.9. The predicted molar refractivity (Wildman–Crippen MR) is 102 cm³/mol. The molecule has 0 aliphatic carbocycles. The van der Waals surface area contributed by atoms with Gasteiger partial charge in [-0.3, -0.25) is 9.20 Å². The zero-order valence-corrected chi connectivity index (χ0v) is 15.2. The Morgan fingerprint density at radius 2 is 2.04 bits per heavy atom. The third kappa shape index (κ3) is 2.39. The Kier molecular flexibility index (Phi) is 3.61. The Hall–Kier alpha value is -3.32. The van der Waals surface area contributed by atoms with Gasteiger partial charge in [0.25, 0.3) is 0 Å². The number of ether oxygens (including phenoxy) is 3. The van der Waals surface area contributed by atoms with Crippen LogP contribution in [0.2, 0.25) is 0 Å². The predicted octanol–water partition coefficient (Wildman–Crippen LogP) is 4.28. The second kappa shape index (κ2) is 6.14. The van der Waals surface area contributed by atoms with Gasteiger partial charge in [-0.05, 0) is 30.3 Å². The number of carbonyl (C=O) groups is 1. The largest absolute Gasteiger partial charge is 0.496 e. The van der Waals surface area contributed by atoms with Crippen molar-refractivity contribution in [3.8, 4) is 39.8 Å². The van der Waals surface area contributed by atoms with Crippen molar-refractivity contribution >= 4 is 22.6 Å². The lowest BCUT2D eigenvalue weighted by atomic mass is 10.1. The van der Waals surface area contributed by atoms with Crippen molar-refractivity contribution in [1.82, 2.24) is 9.38 Å². The molecule has 2 aromatic heterocycles. The lowest BCUT2D eigenvalue weighted by molar-refractivity contribution is 0.111. The fourth-order valence-corrected chi connectivity index (χ4v) is 4.19. The number of hydrogen-bond acceptors (Lipinski definition) is 6. The van der Waals surface area contributed by atoms with Crippen molar-refractivity contribution in [2.24, 2.45) is 0 Å². The normalized spacial score (nSPS) is 12.5. The second-order valence-corrected chi connectivity index (χ2v) is 6.81. The van der Waals surface area contributed by atoms with Crippen LogP contribution in [-0.4, -0.2) is 29.6 Å². The van der Waals surface area contributed by atoms with E-state index in [9.17, 15) is 4.79 Å². The molecule has 5 rings (SSSR count). The number of rotatable bonds is 4. The van der Waals surface area contributed by atoms with Crippen LogP contribution in [0.5, 0.6) is 17.2 Å². The Morgan fingerprint density at radius 1 is 1.19 bits per heavy atom. The van der Waals surface area contributed by atoms with Crippen LogP contribution in [0.25, 0.3) is 27.5 Å². The first-order valence-corrected chi connectivity index (χ1v) is 9.16. The van der Waals surface area contributed by atoms with Crippen LogP contribution >= 0.6 is 11.3 Å². The van der Waals surface area contributed by atoms with Crippen molar-refractivity contribution in [3.63, 3.8) is 0 Å². The summed E-state index contributed by atoms with van der Waals surface area (Å²) < 4.78 is 18.2. The summed E-state index contributed by atoms with van der Waals surface area (Å²) in [5, 5.41) is 1.98. The molecule has 1 aliphatic heterocycles. The maximum atomic E-state index is 12.0. The van der Waals surface area contributed by atoms with Gasteiger partial charge in [0.1, 0.15) is 17.1 Å².